The quantitative estimate of drug-likeness (QED) is 0.479. The summed E-state index contributed by atoms with van der Waals surface area (Å²) in [6, 6.07) is 8.98. The Bertz CT molecular complexity index is 1350. The topological polar surface area (TPSA) is 124 Å². The van der Waals surface area contributed by atoms with Gasteiger partial charge in [-0.2, -0.15) is 4.31 Å². The molecule has 4 rings (SSSR count). The number of aromatic nitrogens is 2. The summed E-state index contributed by atoms with van der Waals surface area (Å²) in [5.74, 6) is -0.496. The SMILES string of the molecule is CCOC(=O)c1c(S(=O)(=O)N2CCC(C(=O)Nc3ccc(-c4ccno4)cc3)CC2)c(C)n(C)c1C. The van der Waals surface area contributed by atoms with Crippen molar-refractivity contribution in [2.24, 2.45) is 13.0 Å². The van der Waals surface area contributed by atoms with Crippen molar-refractivity contribution in [2.75, 3.05) is 25.0 Å². The molecule has 0 radical (unpaired) electrons. The van der Waals surface area contributed by atoms with E-state index in [9.17, 15) is 18.0 Å². The van der Waals surface area contributed by atoms with Crippen LogP contribution < -0.4 is 5.32 Å². The molecule has 0 saturated carbocycles. The van der Waals surface area contributed by atoms with Gasteiger partial charge in [0.25, 0.3) is 0 Å². The van der Waals surface area contributed by atoms with E-state index in [1.807, 2.05) is 12.1 Å². The number of rotatable bonds is 7. The van der Waals surface area contributed by atoms with Crippen LogP contribution in [-0.4, -0.2) is 54.0 Å². The van der Waals surface area contributed by atoms with Crippen molar-refractivity contribution < 1.29 is 27.3 Å². The lowest BCUT2D eigenvalue weighted by Gasteiger charge is -2.30. The first-order valence-corrected chi connectivity index (χ1v) is 13.2. The molecule has 1 fully saturated rings. The number of nitrogens with one attached hydrogen (secondary N) is 1. The maximum absolute atomic E-state index is 13.6. The third-order valence-electron chi connectivity index (χ3n) is 6.70. The number of piperidine rings is 1. The lowest BCUT2D eigenvalue weighted by Crippen LogP contribution is -2.41. The Balaban J connectivity index is 1.44. The number of benzene rings is 1. The highest BCUT2D eigenvalue weighted by molar-refractivity contribution is 7.89. The van der Waals surface area contributed by atoms with Crippen LogP contribution in [0.4, 0.5) is 5.69 Å². The van der Waals surface area contributed by atoms with Gasteiger partial charge >= 0.3 is 5.97 Å². The van der Waals surface area contributed by atoms with Gasteiger partial charge in [0.1, 0.15) is 10.5 Å². The Kier molecular flexibility index (Phi) is 7.32. The van der Waals surface area contributed by atoms with Gasteiger partial charge in [-0.25, -0.2) is 13.2 Å². The second kappa shape index (κ2) is 10.3. The number of hydrogen-bond donors (Lipinski definition) is 1. The average Bonchev–Trinajstić information content (AvgIpc) is 3.48. The molecule has 10 nitrogen and oxygen atoms in total. The van der Waals surface area contributed by atoms with Crippen molar-refractivity contribution in [1.29, 1.82) is 0 Å². The third-order valence-corrected chi connectivity index (χ3v) is 8.76. The number of carbonyl (C=O) groups excluding carboxylic acids is 2. The van der Waals surface area contributed by atoms with Gasteiger partial charge < -0.3 is 19.1 Å². The smallest absolute Gasteiger partial charge is 0.341 e. The van der Waals surface area contributed by atoms with Crippen molar-refractivity contribution in [3.8, 4) is 11.3 Å². The van der Waals surface area contributed by atoms with E-state index in [1.54, 1.807) is 56.8 Å². The Morgan fingerprint density at radius 2 is 1.78 bits per heavy atom. The maximum atomic E-state index is 13.6. The van der Waals surface area contributed by atoms with Crippen LogP contribution in [0.1, 0.15) is 41.5 Å². The van der Waals surface area contributed by atoms with Crippen LogP contribution in [0.3, 0.4) is 0 Å². The van der Waals surface area contributed by atoms with Gasteiger partial charge in [0.05, 0.1) is 12.8 Å². The molecule has 0 bridgehead atoms. The molecule has 1 aromatic carbocycles. The minimum atomic E-state index is -3.96. The third kappa shape index (κ3) is 4.80. The molecule has 3 heterocycles. The van der Waals surface area contributed by atoms with Crippen LogP contribution in [0.15, 0.2) is 45.9 Å². The Hall–Kier alpha value is -3.44. The zero-order valence-electron chi connectivity index (χ0n) is 20.8. The van der Waals surface area contributed by atoms with E-state index < -0.39 is 16.0 Å². The van der Waals surface area contributed by atoms with E-state index in [-0.39, 0.29) is 42.0 Å². The first kappa shape index (κ1) is 25.6. The summed E-state index contributed by atoms with van der Waals surface area (Å²) in [6.45, 7) is 5.57. The standard InChI is InChI=1S/C25H30N4O6S/c1-5-34-25(31)22-16(2)28(4)17(3)23(22)36(32,33)29-14-11-19(12-15-29)24(30)27-20-8-6-18(7-9-20)21-10-13-26-35-21/h6-10,13,19H,5,11-12,14-15H2,1-4H3,(H,27,30). The number of amides is 1. The van der Waals surface area contributed by atoms with E-state index in [1.165, 1.54) is 4.31 Å². The molecule has 1 saturated heterocycles. The summed E-state index contributed by atoms with van der Waals surface area (Å²) in [5, 5.41) is 6.60. The predicted molar refractivity (Wildman–Crippen MR) is 133 cm³/mol. The largest absolute Gasteiger partial charge is 0.462 e. The van der Waals surface area contributed by atoms with Crippen molar-refractivity contribution in [3.05, 3.63) is 53.5 Å². The summed E-state index contributed by atoms with van der Waals surface area (Å²) >= 11 is 0. The molecular weight excluding hydrogens is 484 g/mol. The van der Waals surface area contributed by atoms with Crippen molar-refractivity contribution >= 4 is 27.6 Å². The summed E-state index contributed by atoms with van der Waals surface area (Å²) < 4.78 is 40.5. The lowest BCUT2D eigenvalue weighted by atomic mass is 9.97. The van der Waals surface area contributed by atoms with E-state index in [4.69, 9.17) is 9.26 Å². The normalized spacial score (nSPS) is 15.1. The minimum absolute atomic E-state index is 0.0179. The van der Waals surface area contributed by atoms with Crippen LogP contribution in [-0.2, 0) is 26.6 Å². The number of ether oxygens (including phenoxy) is 1. The Labute approximate surface area is 210 Å². The molecule has 192 valence electrons. The highest BCUT2D eigenvalue weighted by atomic mass is 32.2. The highest BCUT2D eigenvalue weighted by Crippen LogP contribution is 2.32. The number of esters is 1. The number of nitrogens with zero attached hydrogens (tertiary/aromatic N) is 3. The summed E-state index contributed by atoms with van der Waals surface area (Å²) in [5.41, 5.74) is 2.58. The molecule has 3 aromatic rings. The predicted octanol–water partition coefficient (Wildman–Crippen LogP) is 3.51. The van der Waals surface area contributed by atoms with Gasteiger partial charge in [-0.3, -0.25) is 4.79 Å². The summed E-state index contributed by atoms with van der Waals surface area (Å²) in [4.78, 5) is 25.4. The molecule has 0 atom stereocenters. The first-order valence-electron chi connectivity index (χ1n) is 11.8. The van der Waals surface area contributed by atoms with Crippen molar-refractivity contribution in [3.63, 3.8) is 0 Å². The molecular formula is C25H30N4O6S. The molecule has 36 heavy (non-hydrogen) atoms. The highest BCUT2D eigenvalue weighted by Gasteiger charge is 2.38. The zero-order valence-corrected chi connectivity index (χ0v) is 21.6. The number of sulfonamides is 1. The molecule has 1 aliphatic heterocycles. The summed E-state index contributed by atoms with van der Waals surface area (Å²) in [7, 11) is -2.23. The molecule has 0 spiro atoms. The van der Waals surface area contributed by atoms with Gasteiger partial charge in [-0.05, 0) is 57.9 Å². The van der Waals surface area contributed by atoms with Crippen LogP contribution >= 0.6 is 0 Å². The van der Waals surface area contributed by atoms with Crippen LogP contribution in [0.25, 0.3) is 11.3 Å². The average molecular weight is 515 g/mol. The fourth-order valence-electron chi connectivity index (χ4n) is 4.49. The lowest BCUT2D eigenvalue weighted by molar-refractivity contribution is -0.120. The van der Waals surface area contributed by atoms with E-state index in [0.29, 0.717) is 35.7 Å². The first-order chi connectivity index (χ1) is 17.1. The zero-order chi connectivity index (χ0) is 26.0. The van der Waals surface area contributed by atoms with Gasteiger partial charge in [0.15, 0.2) is 5.76 Å². The molecule has 1 aliphatic rings. The Morgan fingerprint density at radius 3 is 2.36 bits per heavy atom. The van der Waals surface area contributed by atoms with E-state index in [2.05, 4.69) is 10.5 Å². The molecule has 1 amide bonds. The monoisotopic (exact) mass is 514 g/mol. The molecule has 11 heteroatoms. The van der Waals surface area contributed by atoms with Gasteiger partial charge in [0.2, 0.25) is 15.9 Å². The van der Waals surface area contributed by atoms with Gasteiger partial charge in [-0.15, -0.1) is 0 Å². The molecule has 1 N–H and O–H groups in total. The fourth-order valence-corrected chi connectivity index (χ4v) is 6.44. The number of hydrogen-bond acceptors (Lipinski definition) is 7. The number of anilines is 1. The Morgan fingerprint density at radius 1 is 1.11 bits per heavy atom. The van der Waals surface area contributed by atoms with E-state index >= 15 is 0 Å². The van der Waals surface area contributed by atoms with Gasteiger partial charge in [-0.1, -0.05) is 5.16 Å². The molecule has 0 unspecified atom stereocenters. The maximum Gasteiger partial charge on any atom is 0.341 e. The molecule has 2 aromatic heterocycles. The fraction of sp³-hybridized carbons (Fsp3) is 0.400. The summed E-state index contributed by atoms with van der Waals surface area (Å²) in [6.07, 6.45) is 2.32. The second-order valence-electron chi connectivity index (χ2n) is 8.78. The number of carbonyl (C=O) groups is 2. The van der Waals surface area contributed by atoms with Crippen LogP contribution in [0.5, 0.6) is 0 Å². The minimum Gasteiger partial charge on any atom is -0.462 e. The van der Waals surface area contributed by atoms with Crippen LogP contribution in [0, 0.1) is 19.8 Å². The van der Waals surface area contributed by atoms with Crippen LogP contribution in [0.2, 0.25) is 0 Å². The van der Waals surface area contributed by atoms with E-state index in [0.717, 1.165) is 5.56 Å². The van der Waals surface area contributed by atoms with Crippen molar-refractivity contribution in [2.45, 2.75) is 38.5 Å². The second-order valence-corrected chi connectivity index (χ2v) is 10.7. The van der Waals surface area contributed by atoms with Gasteiger partial charge in [0, 0.05) is 54.8 Å². The molecule has 0 aliphatic carbocycles. The van der Waals surface area contributed by atoms with Crippen molar-refractivity contribution in [1.82, 2.24) is 14.0 Å².